The third-order valence-corrected chi connectivity index (χ3v) is 4.48. The molecular weight excluding hydrogens is 208 g/mol. The number of Topliss-reactive ketones (excluding diaryl/α,β-unsaturated/α-hetero) is 1. The molecule has 0 aliphatic heterocycles. The first-order valence-electron chi connectivity index (χ1n) is 5.27. The number of ketones is 1. The van der Waals surface area contributed by atoms with E-state index in [1.54, 1.807) is 0 Å². The summed E-state index contributed by atoms with van der Waals surface area (Å²) in [4.78, 5) is 12.4. The van der Waals surface area contributed by atoms with Crippen LogP contribution >= 0.6 is 0 Å². The molecule has 2 nitrogen and oxygen atoms in total. The van der Waals surface area contributed by atoms with E-state index in [1.807, 2.05) is 30.3 Å². The first-order valence-corrected chi connectivity index (χ1v) is 6.48. The summed E-state index contributed by atoms with van der Waals surface area (Å²) in [6, 6.07) is 9.28. The molecule has 80 valence electrons. The Morgan fingerprint density at radius 2 is 1.87 bits per heavy atom. The van der Waals surface area contributed by atoms with Crippen LogP contribution in [0.15, 0.2) is 35.2 Å². The Hall–Kier alpha value is -0.960. The Labute approximate surface area is 92.2 Å². The number of rotatable bonds is 2. The third kappa shape index (κ3) is 2.34. The first kappa shape index (κ1) is 10.6. The highest BCUT2D eigenvalue weighted by molar-refractivity contribution is 7.86. The van der Waals surface area contributed by atoms with Gasteiger partial charge < -0.3 is 0 Å². The predicted octanol–water partition coefficient (Wildman–Crippen LogP) is 2.31. The topological polar surface area (TPSA) is 34.1 Å². The van der Waals surface area contributed by atoms with Crippen LogP contribution < -0.4 is 0 Å². The fourth-order valence-corrected chi connectivity index (χ4v) is 3.39. The van der Waals surface area contributed by atoms with Gasteiger partial charge in [-0.25, -0.2) is 0 Å². The van der Waals surface area contributed by atoms with Crippen molar-refractivity contribution in [1.82, 2.24) is 0 Å². The van der Waals surface area contributed by atoms with E-state index >= 15 is 0 Å². The zero-order valence-corrected chi connectivity index (χ0v) is 9.33. The molecule has 0 N–H and O–H groups in total. The SMILES string of the molecule is O=C1CCCC[C@H]1[S@](=O)c1ccccc1. The molecule has 1 fully saturated rings. The van der Waals surface area contributed by atoms with Gasteiger partial charge >= 0.3 is 0 Å². The van der Waals surface area contributed by atoms with Gasteiger partial charge in [-0.05, 0) is 25.0 Å². The first-order chi connectivity index (χ1) is 7.29. The normalized spacial score (nSPS) is 23.7. The van der Waals surface area contributed by atoms with E-state index in [0.29, 0.717) is 6.42 Å². The van der Waals surface area contributed by atoms with Crippen molar-refractivity contribution in [2.75, 3.05) is 0 Å². The second-order valence-electron chi connectivity index (χ2n) is 3.81. The van der Waals surface area contributed by atoms with Gasteiger partial charge in [-0.3, -0.25) is 9.00 Å². The average molecular weight is 222 g/mol. The molecule has 0 radical (unpaired) electrons. The van der Waals surface area contributed by atoms with Crippen LogP contribution in [-0.4, -0.2) is 15.2 Å². The molecule has 1 aromatic rings. The Morgan fingerprint density at radius 3 is 2.53 bits per heavy atom. The lowest BCUT2D eigenvalue weighted by Gasteiger charge is -2.19. The maximum Gasteiger partial charge on any atom is 0.148 e. The summed E-state index contributed by atoms with van der Waals surface area (Å²) in [7, 11) is -1.15. The van der Waals surface area contributed by atoms with Crippen molar-refractivity contribution in [2.45, 2.75) is 35.8 Å². The molecule has 0 unspecified atom stereocenters. The molecule has 3 heteroatoms. The minimum Gasteiger partial charge on any atom is -0.298 e. The largest absolute Gasteiger partial charge is 0.298 e. The van der Waals surface area contributed by atoms with Gasteiger partial charge in [0.25, 0.3) is 0 Å². The third-order valence-electron chi connectivity index (χ3n) is 2.73. The van der Waals surface area contributed by atoms with Gasteiger partial charge in [-0.1, -0.05) is 24.6 Å². The molecule has 15 heavy (non-hydrogen) atoms. The maximum atomic E-state index is 12.1. The minimum atomic E-state index is -1.15. The van der Waals surface area contributed by atoms with Crippen molar-refractivity contribution in [3.8, 4) is 0 Å². The van der Waals surface area contributed by atoms with Gasteiger partial charge in [0, 0.05) is 11.3 Å². The van der Waals surface area contributed by atoms with E-state index in [0.717, 1.165) is 24.2 Å². The van der Waals surface area contributed by atoms with E-state index in [1.165, 1.54) is 0 Å². The highest BCUT2D eigenvalue weighted by atomic mass is 32.2. The van der Waals surface area contributed by atoms with Crippen molar-refractivity contribution in [1.29, 1.82) is 0 Å². The Bertz CT molecular complexity index is 372. The van der Waals surface area contributed by atoms with E-state index in [2.05, 4.69) is 0 Å². The second kappa shape index (κ2) is 4.71. The van der Waals surface area contributed by atoms with E-state index in [4.69, 9.17) is 0 Å². The maximum absolute atomic E-state index is 12.1. The lowest BCUT2D eigenvalue weighted by molar-refractivity contribution is -0.119. The summed E-state index contributed by atoms with van der Waals surface area (Å²) in [5.74, 6) is 0.170. The van der Waals surface area contributed by atoms with Crippen LogP contribution in [0.1, 0.15) is 25.7 Å². The monoisotopic (exact) mass is 222 g/mol. The Kier molecular flexibility index (Phi) is 3.31. The summed E-state index contributed by atoms with van der Waals surface area (Å²) in [6.07, 6.45) is 3.36. The van der Waals surface area contributed by atoms with Gasteiger partial charge in [0.15, 0.2) is 0 Å². The van der Waals surface area contributed by atoms with Crippen molar-refractivity contribution in [3.05, 3.63) is 30.3 Å². The molecule has 0 aromatic heterocycles. The molecule has 2 rings (SSSR count). The zero-order valence-electron chi connectivity index (χ0n) is 8.52. The van der Waals surface area contributed by atoms with Gasteiger partial charge in [0.1, 0.15) is 5.78 Å². The molecule has 0 amide bonds. The van der Waals surface area contributed by atoms with Crippen LogP contribution in [0, 0.1) is 0 Å². The van der Waals surface area contributed by atoms with Gasteiger partial charge in [-0.2, -0.15) is 0 Å². The van der Waals surface area contributed by atoms with Crippen LogP contribution in [0.25, 0.3) is 0 Å². The van der Waals surface area contributed by atoms with E-state index in [9.17, 15) is 9.00 Å². The van der Waals surface area contributed by atoms with E-state index < -0.39 is 10.8 Å². The van der Waals surface area contributed by atoms with Crippen molar-refractivity contribution >= 4 is 16.6 Å². The molecule has 0 saturated heterocycles. The quantitative estimate of drug-likeness (QED) is 0.769. The molecule has 1 saturated carbocycles. The molecule has 1 aromatic carbocycles. The number of hydrogen-bond acceptors (Lipinski definition) is 2. The van der Waals surface area contributed by atoms with Crippen LogP contribution in [0.3, 0.4) is 0 Å². The lowest BCUT2D eigenvalue weighted by Crippen LogP contribution is -2.29. The molecule has 1 aliphatic carbocycles. The molecule has 0 heterocycles. The fourth-order valence-electron chi connectivity index (χ4n) is 1.90. The molecule has 1 aliphatic rings. The number of carbonyl (C=O) groups excluding carboxylic acids is 1. The van der Waals surface area contributed by atoms with Gasteiger partial charge in [0.05, 0.1) is 16.0 Å². The molecule has 2 atom stereocenters. The van der Waals surface area contributed by atoms with Gasteiger partial charge in [-0.15, -0.1) is 0 Å². The van der Waals surface area contributed by atoms with Crippen LogP contribution in [0.2, 0.25) is 0 Å². The highest BCUT2D eigenvalue weighted by Gasteiger charge is 2.28. The number of carbonyl (C=O) groups is 1. The fraction of sp³-hybridized carbons (Fsp3) is 0.417. The van der Waals surface area contributed by atoms with Crippen LogP contribution in [-0.2, 0) is 15.6 Å². The summed E-state index contributed by atoms with van der Waals surface area (Å²) < 4.78 is 12.1. The number of benzene rings is 1. The van der Waals surface area contributed by atoms with Crippen LogP contribution in [0.4, 0.5) is 0 Å². The molecular formula is C12H14O2S. The highest BCUT2D eigenvalue weighted by Crippen LogP contribution is 2.23. The van der Waals surface area contributed by atoms with Gasteiger partial charge in [0.2, 0.25) is 0 Å². The second-order valence-corrected chi connectivity index (χ2v) is 5.45. The Balaban J connectivity index is 2.17. The molecule has 0 spiro atoms. The lowest BCUT2D eigenvalue weighted by atomic mass is 9.99. The minimum absolute atomic E-state index is 0.170. The summed E-state index contributed by atoms with van der Waals surface area (Å²) >= 11 is 0. The van der Waals surface area contributed by atoms with Crippen molar-refractivity contribution in [3.63, 3.8) is 0 Å². The summed E-state index contributed by atoms with van der Waals surface area (Å²) in [6.45, 7) is 0. The Morgan fingerprint density at radius 1 is 1.13 bits per heavy atom. The summed E-state index contributed by atoms with van der Waals surface area (Å²) in [5, 5.41) is -0.263. The van der Waals surface area contributed by atoms with Crippen LogP contribution in [0.5, 0.6) is 0 Å². The number of hydrogen-bond donors (Lipinski definition) is 0. The standard InChI is InChI=1S/C12H14O2S/c13-11-8-4-5-9-12(11)15(14)10-6-2-1-3-7-10/h1-3,6-7,12H,4-5,8-9H2/t12-,15-/m1/s1. The molecule has 0 bridgehead atoms. The summed E-state index contributed by atoms with van der Waals surface area (Å²) in [5.41, 5.74) is 0. The zero-order chi connectivity index (χ0) is 10.7. The average Bonchev–Trinajstić information content (AvgIpc) is 2.30. The van der Waals surface area contributed by atoms with Crippen molar-refractivity contribution < 1.29 is 9.00 Å². The van der Waals surface area contributed by atoms with Crippen molar-refractivity contribution in [2.24, 2.45) is 0 Å². The van der Waals surface area contributed by atoms with E-state index in [-0.39, 0.29) is 11.0 Å². The smallest absolute Gasteiger partial charge is 0.148 e. The predicted molar refractivity (Wildman–Crippen MR) is 60.1 cm³/mol.